The number of ether oxygens (including phenoxy) is 2. The normalized spacial score (nSPS) is 14.1. The van der Waals surface area contributed by atoms with Crippen LogP contribution in [0.15, 0.2) is 48.5 Å². The maximum atomic E-state index is 12.5. The molecule has 6 nitrogen and oxygen atoms in total. The van der Waals surface area contributed by atoms with E-state index in [1.807, 2.05) is 25.1 Å². The third-order valence-corrected chi connectivity index (χ3v) is 4.66. The van der Waals surface area contributed by atoms with E-state index in [1.165, 1.54) is 0 Å². The predicted octanol–water partition coefficient (Wildman–Crippen LogP) is 3.00. The average molecular weight is 389 g/mol. The number of para-hydroxylation sites is 2. The molecule has 0 unspecified atom stereocenters. The highest BCUT2D eigenvalue weighted by molar-refractivity contribution is 6.30. The van der Waals surface area contributed by atoms with Crippen molar-refractivity contribution in [3.8, 4) is 11.5 Å². The Morgan fingerprint density at radius 2 is 1.63 bits per heavy atom. The molecular formula is C20H21ClN2O4. The first-order chi connectivity index (χ1) is 13.0. The summed E-state index contributed by atoms with van der Waals surface area (Å²) in [5.41, 5.74) is 5.19. The van der Waals surface area contributed by atoms with Crippen LogP contribution in [0.3, 0.4) is 0 Å². The van der Waals surface area contributed by atoms with Crippen molar-refractivity contribution in [1.29, 1.82) is 0 Å². The van der Waals surface area contributed by atoms with E-state index in [9.17, 15) is 9.59 Å². The second-order valence-corrected chi connectivity index (χ2v) is 6.70. The molecule has 0 bridgehead atoms. The minimum atomic E-state index is -0.597. The van der Waals surface area contributed by atoms with Crippen LogP contribution in [0.25, 0.3) is 0 Å². The van der Waals surface area contributed by atoms with Crippen LogP contribution in [-0.4, -0.2) is 25.0 Å². The molecule has 2 aromatic carbocycles. The van der Waals surface area contributed by atoms with E-state index in [0.29, 0.717) is 23.1 Å². The summed E-state index contributed by atoms with van der Waals surface area (Å²) in [5.74, 6) is 0.339. The Balaban J connectivity index is 1.51. The summed E-state index contributed by atoms with van der Waals surface area (Å²) in [6.07, 6.45) is 1.46. The highest BCUT2D eigenvalue weighted by Crippen LogP contribution is 2.48. The zero-order valence-electron chi connectivity index (χ0n) is 15.0. The van der Waals surface area contributed by atoms with Gasteiger partial charge in [-0.1, -0.05) is 35.9 Å². The van der Waals surface area contributed by atoms with Gasteiger partial charge in [-0.3, -0.25) is 20.4 Å². The third-order valence-electron chi connectivity index (χ3n) is 4.40. The first-order valence-electron chi connectivity index (χ1n) is 8.75. The van der Waals surface area contributed by atoms with Gasteiger partial charge in [0.2, 0.25) is 5.91 Å². The van der Waals surface area contributed by atoms with E-state index in [1.54, 1.807) is 30.3 Å². The Morgan fingerprint density at radius 1 is 1.00 bits per heavy atom. The lowest BCUT2D eigenvalue weighted by Gasteiger charge is -2.16. The SMILES string of the molecule is CCOc1ccccc1OCC(=O)NNC(=O)C1(c2ccc(Cl)cc2)CC1. The number of benzene rings is 2. The standard InChI is InChI=1S/C20H21ClN2O4/c1-2-26-16-5-3-4-6-17(16)27-13-18(24)22-23-19(25)20(11-12-20)14-7-9-15(21)10-8-14/h3-10H,2,11-13H2,1H3,(H,22,24)(H,23,25). The fourth-order valence-corrected chi connectivity index (χ4v) is 2.94. The lowest BCUT2D eigenvalue weighted by molar-refractivity contribution is -0.131. The van der Waals surface area contributed by atoms with Crippen molar-refractivity contribution in [2.24, 2.45) is 0 Å². The monoisotopic (exact) mass is 388 g/mol. The molecule has 3 rings (SSSR count). The molecule has 7 heteroatoms. The lowest BCUT2D eigenvalue weighted by atomic mass is 9.95. The fourth-order valence-electron chi connectivity index (χ4n) is 2.81. The number of hydrogen-bond acceptors (Lipinski definition) is 4. The van der Waals surface area contributed by atoms with Gasteiger partial charge in [0, 0.05) is 5.02 Å². The minimum absolute atomic E-state index is 0.238. The first kappa shape index (κ1) is 19.0. The quantitative estimate of drug-likeness (QED) is 0.715. The second kappa shape index (κ2) is 8.31. The smallest absolute Gasteiger partial charge is 0.276 e. The highest BCUT2D eigenvalue weighted by Gasteiger charge is 2.51. The van der Waals surface area contributed by atoms with Crippen molar-refractivity contribution >= 4 is 23.4 Å². The number of hydrogen-bond donors (Lipinski definition) is 2. The number of rotatable bonds is 7. The van der Waals surface area contributed by atoms with E-state index in [0.717, 1.165) is 18.4 Å². The van der Waals surface area contributed by atoms with Gasteiger partial charge in [-0.15, -0.1) is 0 Å². The molecule has 0 heterocycles. The summed E-state index contributed by atoms with van der Waals surface area (Å²) >= 11 is 5.90. The maximum Gasteiger partial charge on any atom is 0.276 e. The summed E-state index contributed by atoms with van der Waals surface area (Å²) in [5, 5.41) is 0.618. The van der Waals surface area contributed by atoms with Crippen LogP contribution in [-0.2, 0) is 15.0 Å². The number of carbonyl (C=O) groups excluding carboxylic acids is 2. The van der Waals surface area contributed by atoms with E-state index in [4.69, 9.17) is 21.1 Å². The molecule has 2 N–H and O–H groups in total. The molecule has 0 radical (unpaired) electrons. The summed E-state index contributed by atoms with van der Waals surface area (Å²) in [6.45, 7) is 2.13. The Morgan fingerprint density at radius 3 is 2.22 bits per heavy atom. The molecule has 0 atom stereocenters. The largest absolute Gasteiger partial charge is 0.490 e. The molecule has 0 aromatic heterocycles. The molecule has 2 aromatic rings. The molecule has 0 spiro atoms. The van der Waals surface area contributed by atoms with Crippen LogP contribution >= 0.6 is 11.6 Å². The van der Waals surface area contributed by atoms with E-state index < -0.39 is 11.3 Å². The van der Waals surface area contributed by atoms with Gasteiger partial charge >= 0.3 is 0 Å². The molecule has 0 aliphatic heterocycles. The van der Waals surface area contributed by atoms with Crippen LogP contribution in [0.5, 0.6) is 11.5 Å². The van der Waals surface area contributed by atoms with Crippen molar-refractivity contribution in [3.63, 3.8) is 0 Å². The molecule has 142 valence electrons. The second-order valence-electron chi connectivity index (χ2n) is 6.26. The van der Waals surface area contributed by atoms with Crippen LogP contribution in [0.2, 0.25) is 5.02 Å². The van der Waals surface area contributed by atoms with Gasteiger partial charge in [0.05, 0.1) is 12.0 Å². The zero-order valence-corrected chi connectivity index (χ0v) is 15.7. The molecule has 1 aliphatic rings. The summed E-state index contributed by atoms with van der Waals surface area (Å²) in [4.78, 5) is 24.5. The van der Waals surface area contributed by atoms with Gasteiger partial charge in [-0.25, -0.2) is 0 Å². The van der Waals surface area contributed by atoms with Crippen molar-refractivity contribution in [1.82, 2.24) is 10.9 Å². The average Bonchev–Trinajstić information content (AvgIpc) is 3.48. The molecule has 1 saturated carbocycles. The Hall–Kier alpha value is -2.73. The van der Waals surface area contributed by atoms with E-state index >= 15 is 0 Å². The Kier molecular flexibility index (Phi) is 5.86. The summed E-state index contributed by atoms with van der Waals surface area (Å²) in [6, 6.07) is 14.3. The van der Waals surface area contributed by atoms with Gasteiger partial charge in [-0.2, -0.15) is 0 Å². The van der Waals surface area contributed by atoms with Crippen molar-refractivity contribution in [3.05, 3.63) is 59.1 Å². The van der Waals surface area contributed by atoms with Gasteiger partial charge in [-0.05, 0) is 49.6 Å². The summed E-state index contributed by atoms with van der Waals surface area (Å²) < 4.78 is 10.9. The number of nitrogens with one attached hydrogen (secondary N) is 2. The molecule has 2 amide bonds. The Bertz CT molecular complexity index is 819. The van der Waals surface area contributed by atoms with E-state index in [-0.39, 0.29) is 12.5 Å². The molecule has 1 aliphatic carbocycles. The van der Waals surface area contributed by atoms with Gasteiger partial charge < -0.3 is 9.47 Å². The number of carbonyl (C=O) groups is 2. The fraction of sp³-hybridized carbons (Fsp3) is 0.300. The number of halogens is 1. The van der Waals surface area contributed by atoms with E-state index in [2.05, 4.69) is 10.9 Å². The van der Waals surface area contributed by atoms with Gasteiger partial charge in [0.25, 0.3) is 5.91 Å². The first-order valence-corrected chi connectivity index (χ1v) is 9.13. The van der Waals surface area contributed by atoms with Gasteiger partial charge in [0.1, 0.15) is 0 Å². The maximum absolute atomic E-state index is 12.5. The minimum Gasteiger partial charge on any atom is -0.490 e. The molecule has 0 saturated heterocycles. The number of hydrazine groups is 1. The summed E-state index contributed by atoms with van der Waals surface area (Å²) in [7, 11) is 0. The van der Waals surface area contributed by atoms with Crippen LogP contribution in [0.4, 0.5) is 0 Å². The Labute approximate surface area is 162 Å². The third kappa shape index (κ3) is 4.52. The molecule has 1 fully saturated rings. The van der Waals surface area contributed by atoms with Crippen molar-refractivity contribution < 1.29 is 19.1 Å². The molecule has 27 heavy (non-hydrogen) atoms. The predicted molar refractivity (Wildman–Crippen MR) is 102 cm³/mol. The van der Waals surface area contributed by atoms with Crippen LogP contribution in [0.1, 0.15) is 25.3 Å². The highest BCUT2D eigenvalue weighted by atomic mass is 35.5. The van der Waals surface area contributed by atoms with Crippen LogP contribution in [0, 0.1) is 0 Å². The zero-order chi connectivity index (χ0) is 19.3. The van der Waals surface area contributed by atoms with Gasteiger partial charge in [0.15, 0.2) is 18.1 Å². The topological polar surface area (TPSA) is 76.7 Å². The molecular weight excluding hydrogens is 368 g/mol. The number of amides is 2. The van der Waals surface area contributed by atoms with Crippen molar-refractivity contribution in [2.75, 3.05) is 13.2 Å². The lowest BCUT2D eigenvalue weighted by Crippen LogP contribution is -2.48. The van der Waals surface area contributed by atoms with Crippen LogP contribution < -0.4 is 20.3 Å². The van der Waals surface area contributed by atoms with Crippen molar-refractivity contribution in [2.45, 2.75) is 25.2 Å².